The van der Waals surface area contributed by atoms with Crippen molar-refractivity contribution >= 4 is 21.5 Å². The Hall–Kier alpha value is -3.72. The van der Waals surface area contributed by atoms with Crippen LogP contribution in [0.1, 0.15) is 28.4 Å². The smallest absolute Gasteiger partial charge is 0.127 e. The molecule has 4 aromatic carbocycles. The third kappa shape index (κ3) is 2.83. The van der Waals surface area contributed by atoms with Gasteiger partial charge in [-0.3, -0.25) is 0 Å². The summed E-state index contributed by atoms with van der Waals surface area (Å²) in [5, 5.41) is 25.8. The van der Waals surface area contributed by atoms with E-state index in [-0.39, 0.29) is 17.4 Å². The van der Waals surface area contributed by atoms with Crippen LogP contribution in [-0.4, -0.2) is 10.2 Å². The maximum absolute atomic E-state index is 11.1. The fourth-order valence-electron chi connectivity index (χ4n) is 4.15. The van der Waals surface area contributed by atoms with Crippen molar-refractivity contribution in [3.8, 4) is 11.5 Å². The zero-order valence-corrected chi connectivity index (χ0v) is 16.0. The van der Waals surface area contributed by atoms with Crippen molar-refractivity contribution in [1.82, 2.24) is 0 Å². The van der Waals surface area contributed by atoms with Gasteiger partial charge in [0, 0.05) is 33.4 Å². The topological polar surface area (TPSA) is 53.6 Å². The summed E-state index contributed by atoms with van der Waals surface area (Å²) in [5.74, 6) is 0.867. The number of fused-ring (bicyclic) bond motifs is 2. The first-order chi connectivity index (χ1) is 14.1. The second kappa shape index (κ2) is 6.71. The highest BCUT2D eigenvalue weighted by atomic mass is 16.3. The van der Waals surface area contributed by atoms with Gasteiger partial charge in [-0.25, -0.2) is 0 Å². The summed E-state index contributed by atoms with van der Waals surface area (Å²) in [6.07, 6.45) is 1.70. The Morgan fingerprint density at radius 3 is 1.69 bits per heavy atom. The van der Waals surface area contributed by atoms with Gasteiger partial charge in [-0.15, -0.1) is 0 Å². The summed E-state index contributed by atoms with van der Waals surface area (Å²) in [7, 11) is 0. The predicted molar refractivity (Wildman–Crippen MR) is 116 cm³/mol. The van der Waals surface area contributed by atoms with Crippen LogP contribution in [0.5, 0.6) is 11.5 Å². The van der Waals surface area contributed by atoms with Gasteiger partial charge in [0.05, 0.1) is 6.26 Å². The molecular formula is C26H20O3. The number of furan rings is 1. The van der Waals surface area contributed by atoms with Gasteiger partial charge in [0.25, 0.3) is 0 Å². The first-order valence-electron chi connectivity index (χ1n) is 9.60. The van der Waals surface area contributed by atoms with Crippen molar-refractivity contribution in [3.63, 3.8) is 0 Å². The van der Waals surface area contributed by atoms with E-state index in [9.17, 15) is 10.2 Å². The van der Waals surface area contributed by atoms with E-state index in [1.54, 1.807) is 6.26 Å². The number of aryl methyl sites for hydroxylation is 1. The molecular weight excluding hydrogens is 360 g/mol. The van der Waals surface area contributed by atoms with Crippen molar-refractivity contribution < 1.29 is 14.6 Å². The largest absolute Gasteiger partial charge is 0.507 e. The molecule has 29 heavy (non-hydrogen) atoms. The van der Waals surface area contributed by atoms with Crippen molar-refractivity contribution in [3.05, 3.63) is 108 Å². The molecule has 0 atom stereocenters. The molecule has 0 radical (unpaired) electrons. The first-order valence-corrected chi connectivity index (χ1v) is 9.60. The van der Waals surface area contributed by atoms with Gasteiger partial charge in [0.2, 0.25) is 0 Å². The second-order valence-corrected chi connectivity index (χ2v) is 7.37. The molecule has 0 aliphatic heterocycles. The molecule has 0 spiro atoms. The molecule has 0 aliphatic rings. The van der Waals surface area contributed by atoms with Crippen LogP contribution in [0.15, 0.2) is 89.5 Å². The van der Waals surface area contributed by atoms with E-state index in [1.165, 1.54) is 0 Å². The average molecular weight is 380 g/mol. The van der Waals surface area contributed by atoms with E-state index < -0.39 is 0 Å². The van der Waals surface area contributed by atoms with E-state index in [1.807, 2.05) is 85.8 Å². The molecule has 0 bridgehead atoms. The van der Waals surface area contributed by atoms with E-state index >= 15 is 0 Å². The van der Waals surface area contributed by atoms with Crippen LogP contribution in [-0.2, 0) is 0 Å². The van der Waals surface area contributed by atoms with E-state index in [4.69, 9.17) is 4.42 Å². The fraction of sp³-hybridized carbons (Fsp3) is 0.0769. The Balaban J connectivity index is 1.80. The zero-order valence-electron chi connectivity index (χ0n) is 16.0. The lowest BCUT2D eigenvalue weighted by molar-refractivity contribution is 0.465. The highest BCUT2D eigenvalue weighted by Gasteiger charge is 2.26. The molecule has 5 rings (SSSR count). The van der Waals surface area contributed by atoms with Crippen LogP contribution in [0, 0.1) is 6.92 Å². The van der Waals surface area contributed by atoms with Gasteiger partial charge in [0.1, 0.15) is 17.3 Å². The lowest BCUT2D eigenvalue weighted by Crippen LogP contribution is -2.04. The maximum Gasteiger partial charge on any atom is 0.127 e. The normalized spacial score (nSPS) is 11.5. The summed E-state index contributed by atoms with van der Waals surface area (Å²) >= 11 is 0. The summed E-state index contributed by atoms with van der Waals surface area (Å²) in [4.78, 5) is 0. The van der Waals surface area contributed by atoms with Gasteiger partial charge < -0.3 is 14.6 Å². The quantitative estimate of drug-likeness (QED) is 0.376. The Bertz CT molecular complexity index is 1260. The molecule has 0 fully saturated rings. The standard InChI is InChI=1S/C26H20O3/c1-16-14-19(15-29-16)24(22-12-10-17-6-2-4-8-20(17)25(22)27)23-13-11-18-7-3-5-9-21(18)26(23)28/h2-15,24,27-28H,1H3. The number of benzene rings is 4. The maximum atomic E-state index is 11.1. The molecule has 0 unspecified atom stereocenters. The van der Waals surface area contributed by atoms with Crippen LogP contribution in [0.3, 0.4) is 0 Å². The molecule has 2 N–H and O–H groups in total. The third-order valence-corrected chi connectivity index (χ3v) is 5.57. The van der Waals surface area contributed by atoms with Crippen LogP contribution < -0.4 is 0 Å². The lowest BCUT2D eigenvalue weighted by Gasteiger charge is -2.21. The molecule has 142 valence electrons. The van der Waals surface area contributed by atoms with Gasteiger partial charge in [-0.05, 0) is 23.8 Å². The van der Waals surface area contributed by atoms with Crippen molar-refractivity contribution in [2.24, 2.45) is 0 Å². The minimum absolute atomic E-state index is 0.222. The predicted octanol–water partition coefficient (Wildman–Crippen LogP) is 6.49. The summed E-state index contributed by atoms with van der Waals surface area (Å²) in [5.41, 5.74) is 2.35. The molecule has 5 aromatic rings. The van der Waals surface area contributed by atoms with Gasteiger partial charge in [0.15, 0.2) is 0 Å². The van der Waals surface area contributed by atoms with Gasteiger partial charge >= 0.3 is 0 Å². The molecule has 3 nitrogen and oxygen atoms in total. The zero-order chi connectivity index (χ0) is 20.0. The van der Waals surface area contributed by atoms with Crippen molar-refractivity contribution in [1.29, 1.82) is 0 Å². The Morgan fingerprint density at radius 2 is 1.21 bits per heavy atom. The van der Waals surface area contributed by atoms with Crippen molar-refractivity contribution in [2.45, 2.75) is 12.8 Å². The first kappa shape index (κ1) is 17.4. The number of phenols is 2. The Morgan fingerprint density at radius 1 is 0.690 bits per heavy atom. The number of phenolic OH excluding ortho intramolecular Hbond substituents is 2. The molecule has 0 saturated carbocycles. The summed E-state index contributed by atoms with van der Waals surface area (Å²) in [6.45, 7) is 1.89. The molecule has 3 heteroatoms. The minimum atomic E-state index is -0.360. The summed E-state index contributed by atoms with van der Waals surface area (Å²) in [6, 6.07) is 25.3. The number of hydrogen-bond acceptors (Lipinski definition) is 3. The molecule has 1 aromatic heterocycles. The van der Waals surface area contributed by atoms with Gasteiger partial charge in [-0.2, -0.15) is 0 Å². The molecule has 0 amide bonds. The lowest BCUT2D eigenvalue weighted by atomic mass is 9.83. The molecule has 0 aliphatic carbocycles. The van der Waals surface area contributed by atoms with E-state index in [0.29, 0.717) is 0 Å². The Labute approximate surface area is 168 Å². The number of hydrogen-bond donors (Lipinski definition) is 2. The minimum Gasteiger partial charge on any atom is -0.507 e. The molecule has 0 saturated heterocycles. The van der Waals surface area contributed by atoms with E-state index in [0.717, 1.165) is 44.0 Å². The highest BCUT2D eigenvalue weighted by Crippen LogP contribution is 2.45. The van der Waals surface area contributed by atoms with Crippen molar-refractivity contribution in [2.75, 3.05) is 0 Å². The van der Waals surface area contributed by atoms with Crippen LogP contribution in [0.2, 0.25) is 0 Å². The Kier molecular flexibility index (Phi) is 4.02. The van der Waals surface area contributed by atoms with Gasteiger partial charge in [-0.1, -0.05) is 72.8 Å². The third-order valence-electron chi connectivity index (χ3n) is 5.57. The fourth-order valence-corrected chi connectivity index (χ4v) is 4.15. The average Bonchev–Trinajstić information content (AvgIpc) is 3.17. The van der Waals surface area contributed by atoms with Crippen LogP contribution >= 0.6 is 0 Å². The second-order valence-electron chi connectivity index (χ2n) is 7.37. The van der Waals surface area contributed by atoms with E-state index in [2.05, 4.69) is 0 Å². The summed E-state index contributed by atoms with van der Waals surface area (Å²) < 4.78 is 5.58. The van der Waals surface area contributed by atoms with Crippen LogP contribution in [0.4, 0.5) is 0 Å². The number of rotatable bonds is 3. The number of aromatic hydroxyl groups is 2. The monoisotopic (exact) mass is 380 g/mol. The highest BCUT2D eigenvalue weighted by molar-refractivity contribution is 5.92. The SMILES string of the molecule is Cc1cc(C(c2ccc3ccccc3c2O)c2ccc3ccccc3c2O)co1. The van der Waals surface area contributed by atoms with Crippen LogP contribution in [0.25, 0.3) is 21.5 Å². The molecule has 1 heterocycles.